The van der Waals surface area contributed by atoms with E-state index in [1.165, 1.54) is 0 Å². The van der Waals surface area contributed by atoms with Crippen LogP contribution in [-0.4, -0.2) is 12.6 Å². The maximum atomic E-state index is 11.4. The van der Waals surface area contributed by atoms with E-state index in [4.69, 9.17) is 10.00 Å². The lowest BCUT2D eigenvalue weighted by Gasteiger charge is -2.15. The number of esters is 1. The Kier molecular flexibility index (Phi) is 7.71. The van der Waals surface area contributed by atoms with Crippen LogP contribution in [0.3, 0.4) is 0 Å². The molecule has 0 saturated carbocycles. The highest BCUT2D eigenvalue weighted by atomic mass is 16.5. The Hall–Kier alpha value is -1.04. The summed E-state index contributed by atoms with van der Waals surface area (Å²) in [6.45, 7) is 6.19. The number of hydrogen-bond donors (Lipinski definition) is 0. The van der Waals surface area contributed by atoms with Gasteiger partial charge in [-0.15, -0.1) is 0 Å². The molecule has 0 spiro atoms. The fraction of sp³-hybridized carbons (Fsp3) is 0.833. The molecule has 0 rings (SSSR count). The van der Waals surface area contributed by atoms with Gasteiger partial charge in [0.15, 0.2) is 0 Å². The van der Waals surface area contributed by atoms with Crippen LogP contribution in [0.1, 0.15) is 46.5 Å². The summed E-state index contributed by atoms with van der Waals surface area (Å²) < 4.78 is 4.86. The second-order valence-electron chi connectivity index (χ2n) is 3.83. The zero-order chi connectivity index (χ0) is 11.7. The van der Waals surface area contributed by atoms with E-state index < -0.39 is 5.92 Å². The van der Waals surface area contributed by atoms with Gasteiger partial charge < -0.3 is 4.74 Å². The van der Waals surface area contributed by atoms with Crippen LogP contribution in [0.2, 0.25) is 0 Å². The Morgan fingerprint density at radius 1 is 1.40 bits per heavy atom. The monoisotopic (exact) mass is 211 g/mol. The lowest BCUT2D eigenvalue weighted by Crippen LogP contribution is -2.22. The second-order valence-corrected chi connectivity index (χ2v) is 3.83. The fourth-order valence-electron chi connectivity index (χ4n) is 1.53. The van der Waals surface area contributed by atoms with E-state index in [-0.39, 0.29) is 11.9 Å². The van der Waals surface area contributed by atoms with Gasteiger partial charge >= 0.3 is 5.97 Å². The highest BCUT2D eigenvalue weighted by Gasteiger charge is 2.25. The molecule has 86 valence electrons. The molecular formula is C12H21NO2. The standard InChI is InChI=1S/C12H21NO2/c1-4-6-7-8-10(3)11(9-13)12(14)15-5-2/h10-11H,4-8H2,1-3H3/t10-,11-/m0/s1. The first-order chi connectivity index (χ1) is 7.17. The molecule has 0 saturated heterocycles. The molecule has 0 unspecified atom stereocenters. The summed E-state index contributed by atoms with van der Waals surface area (Å²) in [7, 11) is 0. The molecule has 15 heavy (non-hydrogen) atoms. The number of nitrogens with zero attached hydrogens (tertiary/aromatic N) is 1. The Morgan fingerprint density at radius 2 is 2.07 bits per heavy atom. The molecule has 0 aliphatic heterocycles. The molecular weight excluding hydrogens is 190 g/mol. The highest BCUT2D eigenvalue weighted by Crippen LogP contribution is 2.19. The van der Waals surface area contributed by atoms with Gasteiger partial charge in [0.1, 0.15) is 5.92 Å². The summed E-state index contributed by atoms with van der Waals surface area (Å²) in [5.74, 6) is -0.869. The molecule has 0 bridgehead atoms. The second kappa shape index (κ2) is 8.28. The number of nitriles is 1. The predicted molar refractivity (Wildman–Crippen MR) is 59.0 cm³/mol. The van der Waals surface area contributed by atoms with Crippen molar-refractivity contribution < 1.29 is 9.53 Å². The first kappa shape index (κ1) is 14.0. The zero-order valence-corrected chi connectivity index (χ0v) is 9.95. The minimum absolute atomic E-state index is 0.0978. The van der Waals surface area contributed by atoms with Gasteiger partial charge in [-0.1, -0.05) is 33.1 Å². The number of unbranched alkanes of at least 4 members (excludes halogenated alkanes) is 2. The van der Waals surface area contributed by atoms with Crippen LogP contribution in [0.4, 0.5) is 0 Å². The average Bonchev–Trinajstić information content (AvgIpc) is 2.19. The number of carbonyl (C=O) groups is 1. The van der Waals surface area contributed by atoms with E-state index in [1.807, 2.05) is 13.0 Å². The third-order valence-electron chi connectivity index (χ3n) is 2.51. The highest BCUT2D eigenvalue weighted by molar-refractivity contribution is 5.75. The summed E-state index contributed by atoms with van der Waals surface area (Å²) in [6, 6.07) is 2.04. The van der Waals surface area contributed by atoms with Crippen LogP contribution in [0.15, 0.2) is 0 Å². The maximum Gasteiger partial charge on any atom is 0.323 e. The summed E-state index contributed by atoms with van der Waals surface area (Å²) in [5, 5.41) is 8.90. The lowest BCUT2D eigenvalue weighted by molar-refractivity contribution is -0.147. The minimum Gasteiger partial charge on any atom is -0.465 e. The van der Waals surface area contributed by atoms with Gasteiger partial charge in [0.2, 0.25) is 0 Å². The zero-order valence-electron chi connectivity index (χ0n) is 9.95. The third kappa shape index (κ3) is 5.41. The third-order valence-corrected chi connectivity index (χ3v) is 2.51. The molecule has 0 heterocycles. The van der Waals surface area contributed by atoms with E-state index in [0.717, 1.165) is 25.7 Å². The Labute approximate surface area is 92.4 Å². The fourth-order valence-corrected chi connectivity index (χ4v) is 1.53. The number of rotatable bonds is 7. The number of carbonyl (C=O) groups excluding carboxylic acids is 1. The van der Waals surface area contributed by atoms with Crippen LogP contribution in [-0.2, 0) is 9.53 Å². The lowest BCUT2D eigenvalue weighted by atomic mass is 9.90. The average molecular weight is 211 g/mol. The molecule has 0 aromatic rings. The molecule has 0 aliphatic rings. The van der Waals surface area contributed by atoms with Gasteiger partial charge in [-0.05, 0) is 19.3 Å². The van der Waals surface area contributed by atoms with Crippen LogP contribution < -0.4 is 0 Å². The van der Waals surface area contributed by atoms with E-state index in [0.29, 0.717) is 6.61 Å². The van der Waals surface area contributed by atoms with Crippen molar-refractivity contribution in [2.75, 3.05) is 6.61 Å². The van der Waals surface area contributed by atoms with E-state index in [9.17, 15) is 4.79 Å². The molecule has 0 aromatic heterocycles. The predicted octanol–water partition coefficient (Wildman–Crippen LogP) is 2.91. The molecule has 2 atom stereocenters. The topological polar surface area (TPSA) is 50.1 Å². The SMILES string of the molecule is CCCCC[C@H](C)[C@H](C#N)C(=O)OCC. The van der Waals surface area contributed by atoms with E-state index in [2.05, 4.69) is 6.92 Å². The van der Waals surface area contributed by atoms with Crippen LogP contribution in [0.25, 0.3) is 0 Å². The van der Waals surface area contributed by atoms with Gasteiger partial charge in [0.05, 0.1) is 12.7 Å². The summed E-state index contributed by atoms with van der Waals surface area (Å²) in [4.78, 5) is 11.4. The molecule has 3 nitrogen and oxygen atoms in total. The van der Waals surface area contributed by atoms with Crippen molar-refractivity contribution in [3.63, 3.8) is 0 Å². The minimum atomic E-state index is -0.596. The molecule has 0 aliphatic carbocycles. The first-order valence-electron chi connectivity index (χ1n) is 5.73. The van der Waals surface area contributed by atoms with Crippen molar-refractivity contribution in [2.24, 2.45) is 11.8 Å². The molecule has 3 heteroatoms. The van der Waals surface area contributed by atoms with Crippen molar-refractivity contribution in [2.45, 2.75) is 46.5 Å². The van der Waals surface area contributed by atoms with Gasteiger partial charge in [-0.2, -0.15) is 5.26 Å². The molecule has 0 N–H and O–H groups in total. The van der Waals surface area contributed by atoms with Gasteiger partial charge in [-0.3, -0.25) is 4.79 Å². The van der Waals surface area contributed by atoms with Gasteiger partial charge in [0.25, 0.3) is 0 Å². The van der Waals surface area contributed by atoms with E-state index >= 15 is 0 Å². The van der Waals surface area contributed by atoms with Gasteiger partial charge in [0, 0.05) is 0 Å². The number of ether oxygens (including phenoxy) is 1. The summed E-state index contributed by atoms with van der Waals surface area (Å²) in [5.41, 5.74) is 0. The molecule has 0 radical (unpaired) electrons. The van der Waals surface area contributed by atoms with Crippen molar-refractivity contribution in [1.29, 1.82) is 5.26 Å². The summed E-state index contributed by atoms with van der Waals surface area (Å²) in [6.07, 6.45) is 4.31. The maximum absolute atomic E-state index is 11.4. The van der Waals surface area contributed by atoms with Gasteiger partial charge in [-0.25, -0.2) is 0 Å². The normalized spacial score (nSPS) is 14.0. The van der Waals surface area contributed by atoms with Crippen molar-refractivity contribution in [1.82, 2.24) is 0 Å². The first-order valence-corrected chi connectivity index (χ1v) is 5.73. The van der Waals surface area contributed by atoms with Crippen LogP contribution in [0.5, 0.6) is 0 Å². The van der Waals surface area contributed by atoms with Crippen molar-refractivity contribution in [3.05, 3.63) is 0 Å². The molecule has 0 aromatic carbocycles. The Bertz CT molecular complexity index is 220. The smallest absolute Gasteiger partial charge is 0.323 e. The van der Waals surface area contributed by atoms with Crippen molar-refractivity contribution in [3.8, 4) is 6.07 Å². The summed E-state index contributed by atoms with van der Waals surface area (Å²) >= 11 is 0. The van der Waals surface area contributed by atoms with E-state index in [1.54, 1.807) is 6.92 Å². The Balaban J connectivity index is 4.05. The van der Waals surface area contributed by atoms with Crippen molar-refractivity contribution >= 4 is 5.97 Å². The Morgan fingerprint density at radius 3 is 2.53 bits per heavy atom. The van der Waals surface area contributed by atoms with Crippen LogP contribution >= 0.6 is 0 Å². The quantitative estimate of drug-likeness (QED) is 0.480. The number of hydrogen-bond acceptors (Lipinski definition) is 3. The van der Waals surface area contributed by atoms with Crippen LogP contribution in [0, 0.1) is 23.2 Å². The molecule has 0 fully saturated rings. The molecule has 0 amide bonds. The largest absolute Gasteiger partial charge is 0.465 e.